The number of Topliss-reactive ketones (excluding diaryl/α,β-unsaturated/α-hetero) is 1. The van der Waals surface area contributed by atoms with Gasteiger partial charge in [-0.15, -0.1) is 11.3 Å². The molecule has 3 aromatic rings. The van der Waals surface area contributed by atoms with Gasteiger partial charge in [-0.05, 0) is 55.1 Å². The molecule has 0 aliphatic rings. The molecule has 0 saturated carbocycles. The predicted molar refractivity (Wildman–Crippen MR) is 116 cm³/mol. The lowest BCUT2D eigenvalue weighted by Crippen LogP contribution is -2.07. The molecule has 0 aliphatic heterocycles. The van der Waals surface area contributed by atoms with Crippen molar-refractivity contribution in [3.63, 3.8) is 0 Å². The van der Waals surface area contributed by atoms with Crippen molar-refractivity contribution in [3.8, 4) is 17.2 Å². The zero-order valence-corrected chi connectivity index (χ0v) is 17.8. The molecule has 0 bridgehead atoms. The van der Waals surface area contributed by atoms with Crippen molar-refractivity contribution in [2.24, 2.45) is 0 Å². The Hall–Kier alpha value is -3.06. The average Bonchev–Trinajstić information content (AvgIpc) is 3.13. The lowest BCUT2D eigenvalue weighted by Gasteiger charge is -2.15. The zero-order valence-electron chi connectivity index (χ0n) is 16.9. The number of ketones is 1. The number of fused-ring (bicyclic) bond motifs is 1. The molecule has 30 heavy (non-hydrogen) atoms. The van der Waals surface area contributed by atoms with Crippen LogP contribution < -0.4 is 9.47 Å². The molecule has 2 N–H and O–H groups in total. The second-order valence-corrected chi connectivity index (χ2v) is 7.99. The highest BCUT2D eigenvalue weighted by Crippen LogP contribution is 2.33. The number of hydrogen-bond acceptors (Lipinski definition) is 6. The Kier molecular flexibility index (Phi) is 6.95. The third kappa shape index (κ3) is 4.91. The van der Waals surface area contributed by atoms with E-state index < -0.39 is 5.97 Å². The van der Waals surface area contributed by atoms with Gasteiger partial charge < -0.3 is 19.7 Å². The number of rotatable bonds is 10. The van der Waals surface area contributed by atoms with Gasteiger partial charge in [0, 0.05) is 16.7 Å². The Labute approximate surface area is 178 Å². The van der Waals surface area contributed by atoms with Crippen molar-refractivity contribution in [2.75, 3.05) is 13.2 Å². The Morgan fingerprint density at radius 3 is 2.53 bits per heavy atom. The molecule has 0 aliphatic carbocycles. The zero-order chi connectivity index (χ0) is 21.7. The van der Waals surface area contributed by atoms with Crippen molar-refractivity contribution >= 4 is 33.2 Å². The van der Waals surface area contributed by atoms with Gasteiger partial charge in [-0.3, -0.25) is 4.79 Å². The van der Waals surface area contributed by atoms with Gasteiger partial charge in [-0.1, -0.05) is 13.3 Å². The number of carboxylic acid groups (broad SMARTS) is 1. The van der Waals surface area contributed by atoms with E-state index in [4.69, 9.17) is 14.6 Å². The van der Waals surface area contributed by atoms with E-state index >= 15 is 0 Å². The van der Waals surface area contributed by atoms with E-state index in [1.54, 1.807) is 18.2 Å². The number of carboxylic acids is 1. The molecule has 0 amide bonds. The molecule has 0 radical (unpaired) electrons. The summed E-state index contributed by atoms with van der Waals surface area (Å²) < 4.78 is 12.5. The minimum absolute atomic E-state index is 0.00268. The molecule has 7 heteroatoms. The van der Waals surface area contributed by atoms with Crippen LogP contribution in [0.25, 0.3) is 10.1 Å². The standard InChI is InChI=1S/C23H24O6S/c1-3-5-18-19(8-7-17(14(2)24)22(18)25)29-11-4-10-28-16-6-9-20-15(12-16)13-21(30-20)23(26)27/h6-9,12-13,25H,3-5,10-11H2,1-2H3,(H,26,27). The summed E-state index contributed by atoms with van der Waals surface area (Å²) in [4.78, 5) is 23.0. The normalized spacial score (nSPS) is 10.9. The van der Waals surface area contributed by atoms with Crippen LogP contribution >= 0.6 is 11.3 Å². The third-order valence-electron chi connectivity index (χ3n) is 4.63. The molecule has 0 atom stereocenters. The minimum Gasteiger partial charge on any atom is -0.507 e. The van der Waals surface area contributed by atoms with Gasteiger partial charge in [0.1, 0.15) is 22.1 Å². The summed E-state index contributed by atoms with van der Waals surface area (Å²) in [6.07, 6.45) is 2.07. The summed E-state index contributed by atoms with van der Waals surface area (Å²) in [5.41, 5.74) is 0.965. The SMILES string of the molecule is CCCc1c(OCCCOc2ccc3sc(C(=O)O)cc3c2)ccc(C(C)=O)c1O. The van der Waals surface area contributed by atoms with E-state index in [-0.39, 0.29) is 11.5 Å². The fourth-order valence-electron chi connectivity index (χ4n) is 3.18. The Balaban J connectivity index is 1.56. The molecule has 1 heterocycles. The Morgan fingerprint density at radius 2 is 1.83 bits per heavy atom. The van der Waals surface area contributed by atoms with E-state index in [1.807, 2.05) is 25.1 Å². The molecule has 0 unspecified atom stereocenters. The first-order chi connectivity index (χ1) is 14.4. The average molecular weight is 429 g/mol. The first-order valence-electron chi connectivity index (χ1n) is 9.79. The van der Waals surface area contributed by atoms with Gasteiger partial charge in [0.2, 0.25) is 0 Å². The summed E-state index contributed by atoms with van der Waals surface area (Å²) in [5.74, 6) is 0.152. The molecule has 0 saturated heterocycles. The van der Waals surface area contributed by atoms with E-state index in [0.717, 1.165) is 16.5 Å². The van der Waals surface area contributed by atoms with Crippen LogP contribution in [0.15, 0.2) is 36.4 Å². The molecule has 158 valence electrons. The highest BCUT2D eigenvalue weighted by Gasteiger charge is 2.16. The quantitative estimate of drug-likeness (QED) is 0.336. The number of ether oxygens (including phenoxy) is 2. The molecular formula is C23H24O6S. The minimum atomic E-state index is -0.930. The van der Waals surface area contributed by atoms with Gasteiger partial charge in [-0.2, -0.15) is 0 Å². The number of carbonyl (C=O) groups excluding carboxylic acids is 1. The van der Waals surface area contributed by atoms with E-state index in [0.29, 0.717) is 53.6 Å². The van der Waals surface area contributed by atoms with Crippen molar-refractivity contribution in [1.29, 1.82) is 0 Å². The predicted octanol–water partition coefficient (Wildman–Crippen LogP) is 5.31. The first-order valence-corrected chi connectivity index (χ1v) is 10.6. The van der Waals surface area contributed by atoms with Crippen LogP contribution in [0.5, 0.6) is 17.2 Å². The number of phenols is 1. The summed E-state index contributed by atoms with van der Waals surface area (Å²) in [7, 11) is 0. The summed E-state index contributed by atoms with van der Waals surface area (Å²) in [5, 5.41) is 20.3. The summed E-state index contributed by atoms with van der Waals surface area (Å²) in [6, 6.07) is 10.5. The van der Waals surface area contributed by atoms with Crippen molar-refractivity contribution in [3.05, 3.63) is 52.4 Å². The monoisotopic (exact) mass is 428 g/mol. The van der Waals surface area contributed by atoms with Crippen molar-refractivity contribution < 1.29 is 29.3 Å². The maximum Gasteiger partial charge on any atom is 0.345 e. The Morgan fingerprint density at radius 1 is 1.07 bits per heavy atom. The smallest absolute Gasteiger partial charge is 0.345 e. The molecule has 6 nitrogen and oxygen atoms in total. The molecule has 1 aromatic heterocycles. The first kappa shape index (κ1) is 21.6. The van der Waals surface area contributed by atoms with Gasteiger partial charge in [0.05, 0.1) is 18.8 Å². The van der Waals surface area contributed by atoms with Gasteiger partial charge in [0.15, 0.2) is 5.78 Å². The summed E-state index contributed by atoms with van der Waals surface area (Å²) >= 11 is 1.24. The molecule has 0 fully saturated rings. The molecule has 2 aromatic carbocycles. The third-order valence-corrected chi connectivity index (χ3v) is 5.74. The maximum atomic E-state index is 11.6. The van der Waals surface area contributed by atoms with E-state index in [2.05, 4.69) is 0 Å². The lowest BCUT2D eigenvalue weighted by atomic mass is 10.0. The van der Waals surface area contributed by atoms with Crippen LogP contribution in [0.1, 0.15) is 52.3 Å². The Bertz CT molecular complexity index is 1070. The molecule has 0 spiro atoms. The number of aromatic hydroxyl groups is 1. The fourth-order valence-corrected chi connectivity index (χ4v) is 4.06. The second-order valence-electron chi connectivity index (χ2n) is 6.91. The van der Waals surface area contributed by atoms with Crippen LogP contribution in [0.4, 0.5) is 0 Å². The van der Waals surface area contributed by atoms with Crippen LogP contribution in [-0.2, 0) is 6.42 Å². The van der Waals surface area contributed by atoms with Crippen molar-refractivity contribution in [2.45, 2.75) is 33.1 Å². The van der Waals surface area contributed by atoms with Gasteiger partial charge in [0.25, 0.3) is 0 Å². The van der Waals surface area contributed by atoms with Gasteiger partial charge in [-0.25, -0.2) is 4.79 Å². The highest BCUT2D eigenvalue weighted by molar-refractivity contribution is 7.20. The van der Waals surface area contributed by atoms with Crippen LogP contribution in [0.2, 0.25) is 0 Å². The maximum absolute atomic E-state index is 11.6. The second kappa shape index (κ2) is 9.63. The van der Waals surface area contributed by atoms with Crippen LogP contribution in [0, 0.1) is 0 Å². The summed E-state index contributed by atoms with van der Waals surface area (Å²) in [6.45, 7) is 4.27. The highest BCUT2D eigenvalue weighted by atomic mass is 32.1. The number of carbonyl (C=O) groups is 2. The number of thiophene rings is 1. The number of aromatic carboxylic acids is 1. The van der Waals surface area contributed by atoms with Gasteiger partial charge >= 0.3 is 5.97 Å². The van der Waals surface area contributed by atoms with E-state index in [9.17, 15) is 14.7 Å². The van der Waals surface area contributed by atoms with Crippen molar-refractivity contribution in [1.82, 2.24) is 0 Å². The molecule has 3 rings (SSSR count). The lowest BCUT2D eigenvalue weighted by molar-refractivity contribution is 0.0702. The topological polar surface area (TPSA) is 93.1 Å². The van der Waals surface area contributed by atoms with Crippen LogP contribution in [-0.4, -0.2) is 35.2 Å². The van der Waals surface area contributed by atoms with Crippen LogP contribution in [0.3, 0.4) is 0 Å². The number of benzene rings is 2. The largest absolute Gasteiger partial charge is 0.507 e. The number of hydrogen-bond donors (Lipinski definition) is 2. The number of phenolic OH excluding ortho intramolecular Hbond substituents is 1. The van der Waals surface area contributed by atoms with E-state index in [1.165, 1.54) is 18.3 Å². The molecular weight excluding hydrogens is 404 g/mol. The fraction of sp³-hybridized carbons (Fsp3) is 0.304.